The predicted octanol–water partition coefficient (Wildman–Crippen LogP) is 3.78. The van der Waals surface area contributed by atoms with Crippen molar-refractivity contribution < 1.29 is 14.3 Å². The van der Waals surface area contributed by atoms with Gasteiger partial charge in [0.25, 0.3) is 0 Å². The number of hydrogen-bond donors (Lipinski definition) is 2. The van der Waals surface area contributed by atoms with Crippen molar-refractivity contribution in [1.29, 1.82) is 0 Å². The Morgan fingerprint density at radius 2 is 1.79 bits per heavy atom. The Kier molecular flexibility index (Phi) is 12.0. The van der Waals surface area contributed by atoms with Gasteiger partial charge in [0.05, 0.1) is 6.10 Å². The number of nitrogens with zero attached hydrogens (tertiary/aromatic N) is 2. The van der Waals surface area contributed by atoms with E-state index in [1.165, 1.54) is 12.8 Å². The third-order valence-corrected chi connectivity index (χ3v) is 5.07. The zero-order valence-corrected chi connectivity index (χ0v) is 19.6. The van der Waals surface area contributed by atoms with Crippen LogP contribution in [0, 0.1) is 5.92 Å². The molecule has 1 rings (SSSR count). The summed E-state index contributed by atoms with van der Waals surface area (Å²) in [6.45, 7) is 17.1. The zero-order valence-electron chi connectivity index (χ0n) is 19.6. The van der Waals surface area contributed by atoms with Gasteiger partial charge in [0.15, 0.2) is 5.96 Å². The summed E-state index contributed by atoms with van der Waals surface area (Å²) in [5.74, 6) is 1.71. The highest BCUT2D eigenvalue weighted by Gasteiger charge is 2.22. The average Bonchev–Trinajstić information content (AvgIpc) is 2.67. The molecule has 1 fully saturated rings. The number of aliphatic imine (C=N–C) groups is 1. The van der Waals surface area contributed by atoms with Crippen molar-refractivity contribution in [3.05, 3.63) is 0 Å². The number of guanidine groups is 1. The summed E-state index contributed by atoms with van der Waals surface area (Å²) in [6.07, 6.45) is 5.09. The highest BCUT2D eigenvalue weighted by Crippen LogP contribution is 2.15. The van der Waals surface area contributed by atoms with Crippen LogP contribution < -0.4 is 10.6 Å². The molecular formula is C22H44N4O3. The monoisotopic (exact) mass is 412 g/mol. The summed E-state index contributed by atoms with van der Waals surface area (Å²) in [4.78, 5) is 18.8. The van der Waals surface area contributed by atoms with E-state index in [0.29, 0.717) is 19.1 Å². The van der Waals surface area contributed by atoms with E-state index in [0.717, 1.165) is 51.4 Å². The first-order valence-corrected chi connectivity index (χ1v) is 11.4. The molecule has 0 bridgehead atoms. The first kappa shape index (κ1) is 25.5. The number of piperidine rings is 1. The van der Waals surface area contributed by atoms with E-state index in [4.69, 9.17) is 14.5 Å². The molecule has 1 heterocycles. The van der Waals surface area contributed by atoms with Crippen LogP contribution >= 0.6 is 0 Å². The summed E-state index contributed by atoms with van der Waals surface area (Å²) in [5, 5.41) is 6.21. The minimum atomic E-state index is -0.461. The topological polar surface area (TPSA) is 75.2 Å². The number of amides is 1. The van der Waals surface area contributed by atoms with Gasteiger partial charge in [-0.3, -0.25) is 4.99 Å². The summed E-state index contributed by atoms with van der Waals surface area (Å²) in [5.41, 5.74) is -0.461. The molecular weight excluding hydrogens is 368 g/mol. The standard InChI is InChI=1S/C22H44N4O3/c1-7-18(8-2)17-25-20(23-9-3)26-14-11-19(12-15-26)28-16-10-13-24-21(27)29-22(4,5)6/h18-19H,7-17H2,1-6H3,(H,23,25)(H,24,27). The first-order valence-electron chi connectivity index (χ1n) is 11.4. The Labute approximate surface area is 178 Å². The third kappa shape index (κ3) is 11.3. The smallest absolute Gasteiger partial charge is 0.407 e. The fourth-order valence-electron chi connectivity index (χ4n) is 3.25. The van der Waals surface area contributed by atoms with Crippen LogP contribution in [-0.2, 0) is 9.47 Å². The van der Waals surface area contributed by atoms with Crippen molar-refractivity contribution in [3.63, 3.8) is 0 Å². The second-order valence-electron chi connectivity index (χ2n) is 8.72. The quantitative estimate of drug-likeness (QED) is 0.324. The average molecular weight is 413 g/mol. The lowest BCUT2D eigenvalue weighted by molar-refractivity contribution is 0.0170. The van der Waals surface area contributed by atoms with Crippen LogP contribution in [0.3, 0.4) is 0 Å². The number of ether oxygens (including phenoxy) is 2. The molecule has 0 aromatic heterocycles. The van der Waals surface area contributed by atoms with E-state index in [1.54, 1.807) is 0 Å². The Balaban J connectivity index is 2.27. The fourth-order valence-corrected chi connectivity index (χ4v) is 3.25. The maximum atomic E-state index is 11.6. The molecule has 0 atom stereocenters. The van der Waals surface area contributed by atoms with E-state index < -0.39 is 5.60 Å². The van der Waals surface area contributed by atoms with Gasteiger partial charge in [-0.1, -0.05) is 26.7 Å². The molecule has 0 aromatic carbocycles. The SMILES string of the molecule is CCNC(=NCC(CC)CC)N1CCC(OCCCNC(=O)OC(C)(C)C)CC1. The molecule has 0 aromatic rings. The van der Waals surface area contributed by atoms with Gasteiger partial charge in [-0.2, -0.15) is 0 Å². The molecule has 0 spiro atoms. The lowest BCUT2D eigenvalue weighted by atomic mass is 10.0. The molecule has 1 aliphatic rings. The fraction of sp³-hybridized carbons (Fsp3) is 0.909. The van der Waals surface area contributed by atoms with Crippen molar-refractivity contribution in [3.8, 4) is 0 Å². The van der Waals surface area contributed by atoms with Gasteiger partial charge in [0.1, 0.15) is 5.60 Å². The van der Waals surface area contributed by atoms with Crippen molar-refractivity contribution in [2.45, 2.75) is 85.4 Å². The van der Waals surface area contributed by atoms with E-state index in [-0.39, 0.29) is 12.2 Å². The molecule has 2 N–H and O–H groups in total. The molecule has 0 aliphatic carbocycles. The van der Waals surface area contributed by atoms with Crippen LogP contribution in [0.2, 0.25) is 0 Å². The molecule has 1 amide bonds. The number of hydrogen-bond acceptors (Lipinski definition) is 4. The van der Waals surface area contributed by atoms with Crippen molar-refractivity contribution in [1.82, 2.24) is 15.5 Å². The van der Waals surface area contributed by atoms with Crippen LogP contribution in [0.15, 0.2) is 4.99 Å². The third-order valence-electron chi connectivity index (χ3n) is 5.07. The molecule has 7 heteroatoms. The number of alkyl carbamates (subject to hydrolysis) is 1. The van der Waals surface area contributed by atoms with Crippen molar-refractivity contribution in [2.75, 3.05) is 39.3 Å². The predicted molar refractivity (Wildman–Crippen MR) is 119 cm³/mol. The summed E-state index contributed by atoms with van der Waals surface area (Å²) in [6, 6.07) is 0. The molecule has 170 valence electrons. The number of carbonyl (C=O) groups excluding carboxylic acids is 1. The lowest BCUT2D eigenvalue weighted by Crippen LogP contribution is -2.47. The number of carbonyl (C=O) groups is 1. The normalized spacial score (nSPS) is 16.2. The Morgan fingerprint density at radius 3 is 2.34 bits per heavy atom. The minimum absolute atomic E-state index is 0.287. The maximum Gasteiger partial charge on any atom is 0.407 e. The molecule has 7 nitrogen and oxygen atoms in total. The Bertz CT molecular complexity index is 479. The number of likely N-dealkylation sites (tertiary alicyclic amines) is 1. The van der Waals surface area contributed by atoms with Crippen LogP contribution in [0.5, 0.6) is 0 Å². The maximum absolute atomic E-state index is 11.6. The number of nitrogens with one attached hydrogen (secondary N) is 2. The zero-order chi connectivity index (χ0) is 21.7. The Morgan fingerprint density at radius 1 is 1.14 bits per heavy atom. The van der Waals surface area contributed by atoms with Gasteiger partial charge in [0, 0.05) is 39.3 Å². The second kappa shape index (κ2) is 13.7. The highest BCUT2D eigenvalue weighted by molar-refractivity contribution is 5.80. The van der Waals surface area contributed by atoms with Crippen LogP contribution in [-0.4, -0.2) is 68.0 Å². The second-order valence-corrected chi connectivity index (χ2v) is 8.72. The van der Waals surface area contributed by atoms with E-state index >= 15 is 0 Å². The van der Waals surface area contributed by atoms with Gasteiger partial charge >= 0.3 is 6.09 Å². The highest BCUT2D eigenvalue weighted by atomic mass is 16.6. The molecule has 0 saturated carbocycles. The lowest BCUT2D eigenvalue weighted by Gasteiger charge is -2.34. The molecule has 29 heavy (non-hydrogen) atoms. The Hall–Kier alpha value is -1.50. The van der Waals surface area contributed by atoms with Gasteiger partial charge in [-0.15, -0.1) is 0 Å². The first-order chi connectivity index (χ1) is 13.8. The minimum Gasteiger partial charge on any atom is -0.444 e. The molecule has 0 unspecified atom stereocenters. The summed E-state index contributed by atoms with van der Waals surface area (Å²) < 4.78 is 11.2. The van der Waals surface area contributed by atoms with Gasteiger partial charge in [-0.25, -0.2) is 4.79 Å². The van der Waals surface area contributed by atoms with Gasteiger partial charge in [0.2, 0.25) is 0 Å². The van der Waals surface area contributed by atoms with Crippen LogP contribution in [0.25, 0.3) is 0 Å². The largest absolute Gasteiger partial charge is 0.444 e. The molecule has 0 radical (unpaired) electrons. The van der Waals surface area contributed by atoms with Crippen molar-refractivity contribution >= 4 is 12.1 Å². The summed E-state index contributed by atoms with van der Waals surface area (Å²) >= 11 is 0. The molecule has 1 aliphatic heterocycles. The number of rotatable bonds is 10. The van der Waals surface area contributed by atoms with E-state index in [1.807, 2.05) is 20.8 Å². The van der Waals surface area contributed by atoms with Crippen LogP contribution in [0.1, 0.15) is 73.6 Å². The van der Waals surface area contributed by atoms with E-state index in [2.05, 4.69) is 36.3 Å². The van der Waals surface area contributed by atoms with Crippen LogP contribution in [0.4, 0.5) is 4.79 Å². The van der Waals surface area contributed by atoms with Gasteiger partial charge < -0.3 is 25.0 Å². The summed E-state index contributed by atoms with van der Waals surface area (Å²) in [7, 11) is 0. The molecule has 1 saturated heterocycles. The van der Waals surface area contributed by atoms with E-state index in [9.17, 15) is 4.79 Å². The van der Waals surface area contributed by atoms with Crippen molar-refractivity contribution in [2.24, 2.45) is 10.9 Å². The van der Waals surface area contributed by atoms with Gasteiger partial charge in [-0.05, 0) is 52.9 Å².